The first-order chi connectivity index (χ1) is 9.50. The van der Waals surface area contributed by atoms with Gasteiger partial charge in [0, 0.05) is 6.54 Å². The van der Waals surface area contributed by atoms with Crippen molar-refractivity contribution < 1.29 is 24.4 Å². The van der Waals surface area contributed by atoms with Crippen LogP contribution in [0.15, 0.2) is 4.99 Å². The Morgan fingerprint density at radius 3 is 2.90 bits per heavy atom. The Hall–Kier alpha value is -0.930. The van der Waals surface area contributed by atoms with Gasteiger partial charge >= 0.3 is 0 Å². The second kappa shape index (κ2) is 5.12. The highest BCUT2D eigenvalue weighted by molar-refractivity contribution is 5.81. The Morgan fingerprint density at radius 1 is 1.50 bits per heavy atom. The van der Waals surface area contributed by atoms with E-state index in [2.05, 4.69) is 15.6 Å². The van der Waals surface area contributed by atoms with Gasteiger partial charge in [-0.05, 0) is 13.8 Å². The zero-order valence-corrected chi connectivity index (χ0v) is 11.6. The standard InChI is InChI=1S/C12H21N3O5/c1-12(2)19-9-7(17)8(18-10(9)20-12)6(5-16)15-11-13-3-4-14-11/h6-10,16-17H,3-5H2,1-2H3,(H2,13,14,15)/t6-,7-,8+,9+,10+/m0/s1. The van der Waals surface area contributed by atoms with Crippen molar-refractivity contribution in [3.8, 4) is 0 Å². The van der Waals surface area contributed by atoms with Gasteiger partial charge < -0.3 is 35.1 Å². The molecule has 3 heterocycles. The van der Waals surface area contributed by atoms with E-state index in [0.717, 1.165) is 6.54 Å². The van der Waals surface area contributed by atoms with Crippen molar-refractivity contribution >= 4 is 5.96 Å². The summed E-state index contributed by atoms with van der Waals surface area (Å²) in [5.74, 6) is -0.153. The highest BCUT2D eigenvalue weighted by Crippen LogP contribution is 2.38. The van der Waals surface area contributed by atoms with Gasteiger partial charge in [-0.1, -0.05) is 0 Å². The average Bonchev–Trinajstić information content (AvgIpc) is 3.05. The van der Waals surface area contributed by atoms with E-state index in [1.807, 2.05) is 0 Å². The molecule has 0 radical (unpaired) electrons. The molecule has 0 aromatic carbocycles. The third-order valence-corrected chi connectivity index (χ3v) is 3.64. The van der Waals surface area contributed by atoms with Crippen LogP contribution in [0.1, 0.15) is 13.8 Å². The summed E-state index contributed by atoms with van der Waals surface area (Å²) in [6, 6.07) is -0.477. The SMILES string of the molecule is CC1(C)O[C@H]2O[C@H]([C@H](CO)NC3=NCCN3)[C@H](O)[C@H]2O1. The highest BCUT2D eigenvalue weighted by atomic mass is 16.8. The fourth-order valence-corrected chi connectivity index (χ4v) is 2.75. The number of nitrogens with one attached hydrogen (secondary N) is 2. The van der Waals surface area contributed by atoms with Gasteiger partial charge in [0.1, 0.15) is 18.3 Å². The first-order valence-electron chi connectivity index (χ1n) is 6.85. The number of nitrogens with zero attached hydrogens (tertiary/aromatic N) is 1. The summed E-state index contributed by atoms with van der Waals surface area (Å²) in [4.78, 5) is 4.20. The molecule has 0 amide bonds. The van der Waals surface area contributed by atoms with Crippen LogP contribution in [0.4, 0.5) is 0 Å². The number of hydrogen-bond donors (Lipinski definition) is 4. The van der Waals surface area contributed by atoms with E-state index in [4.69, 9.17) is 14.2 Å². The Labute approximate surface area is 117 Å². The molecule has 0 aliphatic carbocycles. The highest BCUT2D eigenvalue weighted by Gasteiger charge is 2.56. The van der Waals surface area contributed by atoms with E-state index in [9.17, 15) is 10.2 Å². The number of aliphatic hydroxyl groups excluding tert-OH is 2. The maximum Gasteiger partial charge on any atom is 0.191 e. The summed E-state index contributed by atoms with van der Waals surface area (Å²) in [6.45, 7) is 4.82. The predicted molar refractivity (Wildman–Crippen MR) is 69.0 cm³/mol. The van der Waals surface area contributed by atoms with Crippen molar-refractivity contribution in [1.82, 2.24) is 10.6 Å². The van der Waals surface area contributed by atoms with Gasteiger partial charge in [-0.2, -0.15) is 0 Å². The quantitative estimate of drug-likeness (QED) is 0.482. The number of guanidine groups is 1. The van der Waals surface area contributed by atoms with Gasteiger partial charge in [0.05, 0.1) is 19.2 Å². The van der Waals surface area contributed by atoms with E-state index >= 15 is 0 Å². The lowest BCUT2D eigenvalue weighted by molar-refractivity contribution is -0.218. The lowest BCUT2D eigenvalue weighted by Crippen LogP contribution is -2.53. The van der Waals surface area contributed by atoms with E-state index in [1.165, 1.54) is 0 Å². The van der Waals surface area contributed by atoms with Crippen molar-refractivity contribution in [3.05, 3.63) is 0 Å². The molecule has 0 unspecified atom stereocenters. The minimum atomic E-state index is -0.867. The Kier molecular flexibility index (Phi) is 3.59. The molecule has 0 spiro atoms. The minimum absolute atomic E-state index is 0.189. The summed E-state index contributed by atoms with van der Waals surface area (Å²) in [7, 11) is 0. The maximum absolute atomic E-state index is 10.3. The minimum Gasteiger partial charge on any atom is -0.394 e. The van der Waals surface area contributed by atoms with Crippen molar-refractivity contribution in [2.75, 3.05) is 19.7 Å². The molecule has 0 aromatic heterocycles. The number of rotatable bonds is 3. The number of hydrogen-bond acceptors (Lipinski definition) is 8. The van der Waals surface area contributed by atoms with Crippen molar-refractivity contribution in [1.29, 1.82) is 0 Å². The number of aliphatic imine (C=N–C) groups is 1. The van der Waals surface area contributed by atoms with Gasteiger partial charge in [0.25, 0.3) is 0 Å². The second-order valence-electron chi connectivity index (χ2n) is 5.65. The third kappa shape index (κ3) is 2.49. The van der Waals surface area contributed by atoms with E-state index in [-0.39, 0.29) is 6.61 Å². The summed E-state index contributed by atoms with van der Waals surface area (Å²) in [6.07, 6.45) is -2.63. The van der Waals surface area contributed by atoms with Crippen LogP contribution in [0, 0.1) is 0 Å². The van der Waals surface area contributed by atoms with Crippen LogP contribution in [0.2, 0.25) is 0 Å². The maximum atomic E-state index is 10.3. The summed E-state index contributed by atoms with van der Waals surface area (Å²) in [5.41, 5.74) is 0. The number of fused-ring (bicyclic) bond motifs is 1. The normalized spacial score (nSPS) is 40.1. The average molecular weight is 287 g/mol. The van der Waals surface area contributed by atoms with Crippen molar-refractivity contribution in [2.24, 2.45) is 4.99 Å². The summed E-state index contributed by atoms with van der Waals surface area (Å²) in [5, 5.41) is 25.9. The molecule has 3 aliphatic rings. The van der Waals surface area contributed by atoms with E-state index in [0.29, 0.717) is 12.5 Å². The van der Waals surface area contributed by atoms with Crippen LogP contribution >= 0.6 is 0 Å². The molecule has 2 fully saturated rings. The van der Waals surface area contributed by atoms with Crippen LogP contribution in [-0.2, 0) is 14.2 Å². The zero-order chi connectivity index (χ0) is 14.3. The number of aliphatic hydroxyl groups is 2. The molecule has 0 bridgehead atoms. The molecular formula is C12H21N3O5. The van der Waals surface area contributed by atoms with Gasteiger partial charge in [0.15, 0.2) is 18.0 Å². The second-order valence-corrected chi connectivity index (χ2v) is 5.65. The van der Waals surface area contributed by atoms with Gasteiger partial charge in [-0.3, -0.25) is 4.99 Å². The molecule has 0 aromatic rings. The molecule has 8 heteroatoms. The summed E-state index contributed by atoms with van der Waals surface area (Å²) < 4.78 is 16.9. The zero-order valence-electron chi connectivity index (χ0n) is 11.6. The van der Waals surface area contributed by atoms with Crippen LogP contribution in [0.3, 0.4) is 0 Å². The van der Waals surface area contributed by atoms with E-state index in [1.54, 1.807) is 13.8 Å². The lowest BCUT2D eigenvalue weighted by atomic mass is 10.0. The lowest BCUT2D eigenvalue weighted by Gasteiger charge is -2.28. The largest absolute Gasteiger partial charge is 0.394 e. The predicted octanol–water partition coefficient (Wildman–Crippen LogP) is -1.87. The fraction of sp³-hybridized carbons (Fsp3) is 0.917. The molecule has 20 heavy (non-hydrogen) atoms. The van der Waals surface area contributed by atoms with Crippen LogP contribution in [-0.4, -0.2) is 72.3 Å². The Balaban J connectivity index is 1.65. The smallest absolute Gasteiger partial charge is 0.191 e. The van der Waals surface area contributed by atoms with Gasteiger partial charge in [0.2, 0.25) is 0 Å². The van der Waals surface area contributed by atoms with E-state index < -0.39 is 36.4 Å². The fourth-order valence-electron chi connectivity index (χ4n) is 2.75. The molecule has 2 saturated heterocycles. The van der Waals surface area contributed by atoms with Gasteiger partial charge in [-0.15, -0.1) is 0 Å². The molecule has 3 aliphatic heterocycles. The topological polar surface area (TPSA) is 105 Å². The Morgan fingerprint density at radius 2 is 2.30 bits per heavy atom. The first kappa shape index (κ1) is 14.0. The van der Waals surface area contributed by atoms with Crippen LogP contribution < -0.4 is 10.6 Å². The Bertz CT molecular complexity index is 403. The molecule has 3 rings (SSSR count). The number of ether oxygens (including phenoxy) is 3. The van der Waals surface area contributed by atoms with Crippen LogP contribution in [0.5, 0.6) is 0 Å². The third-order valence-electron chi connectivity index (χ3n) is 3.64. The molecule has 4 N–H and O–H groups in total. The molecule has 114 valence electrons. The van der Waals surface area contributed by atoms with Crippen molar-refractivity contribution in [3.63, 3.8) is 0 Å². The molecule has 5 atom stereocenters. The molecule has 8 nitrogen and oxygen atoms in total. The van der Waals surface area contributed by atoms with Crippen LogP contribution in [0.25, 0.3) is 0 Å². The molecule has 0 saturated carbocycles. The van der Waals surface area contributed by atoms with Crippen molar-refractivity contribution in [2.45, 2.75) is 50.3 Å². The molecular weight excluding hydrogens is 266 g/mol. The monoisotopic (exact) mass is 287 g/mol. The summed E-state index contributed by atoms with van der Waals surface area (Å²) >= 11 is 0. The van der Waals surface area contributed by atoms with Gasteiger partial charge in [-0.25, -0.2) is 0 Å². The first-order valence-corrected chi connectivity index (χ1v) is 6.85.